The van der Waals surface area contributed by atoms with Gasteiger partial charge in [0.15, 0.2) is 0 Å². The predicted molar refractivity (Wildman–Crippen MR) is 81.7 cm³/mol. The highest BCUT2D eigenvalue weighted by molar-refractivity contribution is 6.36. The third kappa shape index (κ3) is 3.38. The third-order valence-electron chi connectivity index (χ3n) is 2.33. The first kappa shape index (κ1) is 14.6. The quantitative estimate of drug-likeness (QED) is 0.589. The molecule has 0 aliphatic carbocycles. The standard InChI is InChI=1S/C11H13Cl2N7/c1-20(2)11-17-9(16-10(18-11)19-14)15-8-4-3-6(12)5-7(8)13/h3-5H,14H2,1-2H3,(H2,15,16,17,18,19). The summed E-state index contributed by atoms with van der Waals surface area (Å²) in [6, 6.07) is 5.08. The van der Waals surface area contributed by atoms with E-state index in [0.29, 0.717) is 27.6 Å². The summed E-state index contributed by atoms with van der Waals surface area (Å²) < 4.78 is 0. The maximum Gasteiger partial charge on any atom is 0.243 e. The molecule has 0 unspecified atom stereocenters. The second-order valence-electron chi connectivity index (χ2n) is 4.07. The smallest absolute Gasteiger partial charge is 0.243 e. The number of benzene rings is 1. The van der Waals surface area contributed by atoms with Gasteiger partial charge in [-0.05, 0) is 18.2 Å². The van der Waals surface area contributed by atoms with Crippen molar-refractivity contribution in [2.45, 2.75) is 0 Å². The average molecular weight is 314 g/mol. The first-order valence-electron chi connectivity index (χ1n) is 5.61. The largest absolute Gasteiger partial charge is 0.347 e. The van der Waals surface area contributed by atoms with Gasteiger partial charge in [0, 0.05) is 19.1 Å². The number of nitrogens with zero attached hydrogens (tertiary/aromatic N) is 4. The van der Waals surface area contributed by atoms with Crippen LogP contribution in [0.2, 0.25) is 10.0 Å². The number of halogens is 2. The van der Waals surface area contributed by atoms with Gasteiger partial charge in [-0.1, -0.05) is 23.2 Å². The Labute approximate surface area is 126 Å². The molecule has 0 radical (unpaired) electrons. The van der Waals surface area contributed by atoms with Crippen LogP contribution in [0.4, 0.5) is 23.5 Å². The summed E-state index contributed by atoms with van der Waals surface area (Å²) in [5.41, 5.74) is 3.02. The van der Waals surface area contributed by atoms with Gasteiger partial charge in [-0.15, -0.1) is 0 Å². The molecule has 1 aromatic heterocycles. The Morgan fingerprint density at radius 3 is 2.40 bits per heavy atom. The van der Waals surface area contributed by atoms with E-state index in [1.807, 2.05) is 14.1 Å². The fraction of sp³-hybridized carbons (Fsp3) is 0.182. The Balaban J connectivity index is 2.34. The van der Waals surface area contributed by atoms with Crippen molar-refractivity contribution in [1.82, 2.24) is 15.0 Å². The van der Waals surface area contributed by atoms with Crippen molar-refractivity contribution < 1.29 is 0 Å². The van der Waals surface area contributed by atoms with Crippen molar-refractivity contribution in [3.63, 3.8) is 0 Å². The summed E-state index contributed by atoms with van der Waals surface area (Å²) in [6.07, 6.45) is 0. The van der Waals surface area contributed by atoms with E-state index in [4.69, 9.17) is 29.0 Å². The molecule has 1 aromatic carbocycles. The van der Waals surface area contributed by atoms with Gasteiger partial charge < -0.3 is 10.2 Å². The Bertz CT molecular complexity index is 618. The number of hydrogen-bond acceptors (Lipinski definition) is 7. The van der Waals surface area contributed by atoms with E-state index >= 15 is 0 Å². The van der Waals surface area contributed by atoms with Crippen molar-refractivity contribution >= 4 is 46.7 Å². The zero-order valence-corrected chi connectivity index (χ0v) is 12.4. The Kier molecular flexibility index (Phi) is 4.43. The zero-order valence-electron chi connectivity index (χ0n) is 10.9. The first-order valence-corrected chi connectivity index (χ1v) is 6.37. The van der Waals surface area contributed by atoms with E-state index in [9.17, 15) is 0 Å². The SMILES string of the molecule is CN(C)c1nc(NN)nc(Nc2ccc(Cl)cc2Cl)n1. The average Bonchev–Trinajstić information content (AvgIpc) is 2.41. The number of aromatic nitrogens is 3. The highest BCUT2D eigenvalue weighted by atomic mass is 35.5. The summed E-state index contributed by atoms with van der Waals surface area (Å²) in [5.74, 6) is 6.36. The number of hydrogen-bond donors (Lipinski definition) is 3. The molecule has 0 saturated heterocycles. The van der Waals surface area contributed by atoms with Crippen molar-refractivity contribution in [3.05, 3.63) is 28.2 Å². The molecule has 0 aliphatic heterocycles. The van der Waals surface area contributed by atoms with E-state index in [2.05, 4.69) is 25.7 Å². The summed E-state index contributed by atoms with van der Waals surface area (Å²) in [5, 5.41) is 4.01. The predicted octanol–water partition coefficient (Wildman–Crippen LogP) is 2.27. The fourth-order valence-electron chi connectivity index (χ4n) is 1.40. The topological polar surface area (TPSA) is 92.0 Å². The van der Waals surface area contributed by atoms with Crippen LogP contribution in [0.3, 0.4) is 0 Å². The molecule has 0 aliphatic rings. The molecular formula is C11H13Cl2N7. The lowest BCUT2D eigenvalue weighted by atomic mass is 10.3. The number of rotatable bonds is 4. The molecule has 9 heteroatoms. The van der Waals surface area contributed by atoms with Crippen LogP contribution >= 0.6 is 23.2 Å². The summed E-state index contributed by atoms with van der Waals surface area (Å²) in [4.78, 5) is 14.2. The highest BCUT2D eigenvalue weighted by Gasteiger charge is 2.09. The maximum absolute atomic E-state index is 6.09. The molecule has 1 heterocycles. The molecule has 2 rings (SSSR count). The van der Waals surface area contributed by atoms with Crippen molar-refractivity contribution in [2.75, 3.05) is 29.7 Å². The monoisotopic (exact) mass is 313 g/mol. The second-order valence-corrected chi connectivity index (χ2v) is 4.91. The lowest BCUT2D eigenvalue weighted by Crippen LogP contribution is -2.18. The van der Waals surface area contributed by atoms with Gasteiger partial charge in [0.2, 0.25) is 17.8 Å². The number of hydrazine groups is 1. The van der Waals surface area contributed by atoms with Gasteiger partial charge in [-0.25, -0.2) is 5.84 Å². The van der Waals surface area contributed by atoms with Crippen LogP contribution in [0.25, 0.3) is 0 Å². The third-order valence-corrected chi connectivity index (χ3v) is 2.88. The van der Waals surface area contributed by atoms with Crippen LogP contribution in [-0.2, 0) is 0 Å². The lowest BCUT2D eigenvalue weighted by molar-refractivity contribution is 0.957. The zero-order chi connectivity index (χ0) is 14.7. The molecule has 4 N–H and O–H groups in total. The van der Waals surface area contributed by atoms with E-state index in [-0.39, 0.29) is 5.95 Å². The van der Waals surface area contributed by atoms with Crippen molar-refractivity contribution in [3.8, 4) is 0 Å². The molecule has 0 amide bonds. The minimum Gasteiger partial charge on any atom is -0.347 e. The van der Waals surface area contributed by atoms with Crippen LogP contribution in [0.5, 0.6) is 0 Å². The van der Waals surface area contributed by atoms with Crippen molar-refractivity contribution in [2.24, 2.45) is 5.84 Å². The number of anilines is 4. The molecule has 0 atom stereocenters. The Hall–Kier alpha value is -1.83. The molecule has 0 spiro atoms. The Morgan fingerprint density at radius 2 is 1.80 bits per heavy atom. The fourth-order valence-corrected chi connectivity index (χ4v) is 1.85. The summed E-state index contributed by atoms with van der Waals surface area (Å²) in [7, 11) is 3.63. The molecule has 106 valence electrons. The Morgan fingerprint density at radius 1 is 1.10 bits per heavy atom. The minimum absolute atomic E-state index is 0.247. The van der Waals surface area contributed by atoms with Gasteiger partial charge in [-0.3, -0.25) is 5.43 Å². The summed E-state index contributed by atoms with van der Waals surface area (Å²) >= 11 is 11.9. The maximum atomic E-state index is 6.09. The van der Waals surface area contributed by atoms with Crippen LogP contribution in [0.1, 0.15) is 0 Å². The molecule has 7 nitrogen and oxygen atoms in total. The molecule has 0 bridgehead atoms. The van der Waals surface area contributed by atoms with Crippen LogP contribution in [0, 0.1) is 0 Å². The van der Waals surface area contributed by atoms with Gasteiger partial charge in [0.25, 0.3) is 0 Å². The van der Waals surface area contributed by atoms with Crippen LogP contribution in [0.15, 0.2) is 18.2 Å². The molecule has 20 heavy (non-hydrogen) atoms. The molecule has 2 aromatic rings. The van der Waals surface area contributed by atoms with Crippen LogP contribution < -0.4 is 21.5 Å². The highest BCUT2D eigenvalue weighted by Crippen LogP contribution is 2.27. The van der Waals surface area contributed by atoms with Gasteiger partial charge in [0.1, 0.15) is 0 Å². The number of nitrogens with one attached hydrogen (secondary N) is 2. The van der Waals surface area contributed by atoms with Gasteiger partial charge in [0.05, 0.1) is 10.7 Å². The molecule has 0 fully saturated rings. The second kappa shape index (κ2) is 6.08. The van der Waals surface area contributed by atoms with E-state index in [1.54, 1.807) is 23.1 Å². The van der Waals surface area contributed by atoms with Gasteiger partial charge >= 0.3 is 0 Å². The van der Waals surface area contributed by atoms with E-state index < -0.39 is 0 Å². The molecular weight excluding hydrogens is 301 g/mol. The van der Waals surface area contributed by atoms with Gasteiger partial charge in [-0.2, -0.15) is 15.0 Å². The first-order chi connectivity index (χ1) is 9.49. The lowest BCUT2D eigenvalue weighted by Gasteiger charge is -2.13. The summed E-state index contributed by atoms with van der Waals surface area (Å²) in [6.45, 7) is 0. The van der Waals surface area contributed by atoms with Crippen LogP contribution in [-0.4, -0.2) is 29.0 Å². The minimum atomic E-state index is 0.247. The number of nitrogen functional groups attached to an aromatic ring is 1. The normalized spacial score (nSPS) is 10.2. The van der Waals surface area contributed by atoms with E-state index in [1.165, 1.54) is 0 Å². The van der Waals surface area contributed by atoms with E-state index in [0.717, 1.165) is 0 Å². The molecule has 0 saturated carbocycles. The number of nitrogens with two attached hydrogens (primary N) is 1. The van der Waals surface area contributed by atoms with Crippen molar-refractivity contribution in [1.29, 1.82) is 0 Å².